The third-order valence-electron chi connectivity index (χ3n) is 5.31. The molecular weight excluding hydrogens is 334 g/mol. The molecule has 5 heteroatoms. The molecule has 2 aromatic rings. The van der Waals surface area contributed by atoms with E-state index in [2.05, 4.69) is 42.9 Å². The minimum atomic E-state index is 0.120. The van der Waals surface area contributed by atoms with Gasteiger partial charge in [-0.25, -0.2) is 0 Å². The van der Waals surface area contributed by atoms with Gasteiger partial charge in [-0.3, -0.25) is 9.88 Å². The molecule has 1 fully saturated rings. The van der Waals surface area contributed by atoms with Crippen molar-refractivity contribution >= 4 is 22.5 Å². The molecule has 1 saturated heterocycles. The molecule has 1 aromatic carbocycles. The Labute approximate surface area is 154 Å². The van der Waals surface area contributed by atoms with Crippen LogP contribution in [0.25, 0.3) is 10.9 Å². The van der Waals surface area contributed by atoms with Crippen molar-refractivity contribution in [3.05, 3.63) is 35.0 Å². The fourth-order valence-electron chi connectivity index (χ4n) is 4.68. The van der Waals surface area contributed by atoms with E-state index in [0.717, 1.165) is 46.6 Å². The molecule has 1 aromatic heterocycles. The molecule has 1 N–H and O–H groups in total. The van der Waals surface area contributed by atoms with Crippen LogP contribution in [0.2, 0.25) is 5.02 Å². The first-order valence-corrected chi connectivity index (χ1v) is 9.34. The Hall–Kier alpha value is -1.36. The number of fused-ring (bicyclic) bond motifs is 3. The average Bonchev–Trinajstić information content (AvgIpc) is 2.52. The van der Waals surface area contributed by atoms with Crippen LogP contribution in [0.1, 0.15) is 46.1 Å². The van der Waals surface area contributed by atoms with Crippen LogP contribution in [0.5, 0.6) is 5.75 Å². The van der Waals surface area contributed by atoms with Crippen molar-refractivity contribution in [2.45, 2.75) is 64.2 Å². The molecule has 4 nitrogen and oxygen atoms in total. The minimum Gasteiger partial charge on any atom is -0.475 e. The van der Waals surface area contributed by atoms with Crippen LogP contribution < -0.4 is 10.1 Å². The van der Waals surface area contributed by atoms with Gasteiger partial charge in [-0.05, 0) is 58.7 Å². The summed E-state index contributed by atoms with van der Waals surface area (Å²) >= 11 is 6.49. The van der Waals surface area contributed by atoms with E-state index in [1.807, 2.05) is 18.2 Å². The smallest absolute Gasteiger partial charge is 0.152 e. The molecule has 0 amide bonds. The van der Waals surface area contributed by atoms with Crippen LogP contribution in [0.15, 0.2) is 24.4 Å². The maximum Gasteiger partial charge on any atom is 0.152 e. The van der Waals surface area contributed by atoms with Crippen LogP contribution >= 0.6 is 11.6 Å². The summed E-state index contributed by atoms with van der Waals surface area (Å²) in [7, 11) is 0. The van der Waals surface area contributed by atoms with Crippen molar-refractivity contribution in [1.82, 2.24) is 15.2 Å². The summed E-state index contributed by atoms with van der Waals surface area (Å²) in [4.78, 5) is 6.94. The van der Waals surface area contributed by atoms with Crippen LogP contribution in [0, 0.1) is 0 Å². The minimum absolute atomic E-state index is 0.120. The predicted molar refractivity (Wildman–Crippen MR) is 102 cm³/mol. The van der Waals surface area contributed by atoms with Gasteiger partial charge in [-0.15, -0.1) is 0 Å². The third kappa shape index (κ3) is 3.23. The molecule has 0 saturated carbocycles. The Morgan fingerprint density at radius 2 is 1.96 bits per heavy atom. The van der Waals surface area contributed by atoms with E-state index in [9.17, 15) is 0 Å². The average molecular weight is 360 g/mol. The van der Waals surface area contributed by atoms with Crippen molar-refractivity contribution in [3.8, 4) is 5.75 Å². The van der Waals surface area contributed by atoms with Gasteiger partial charge in [0, 0.05) is 40.8 Å². The van der Waals surface area contributed by atoms with E-state index in [0.29, 0.717) is 12.8 Å². The maximum atomic E-state index is 6.49. The molecule has 0 aliphatic carbocycles. The van der Waals surface area contributed by atoms with Crippen LogP contribution in [0.3, 0.4) is 0 Å². The first kappa shape index (κ1) is 17.1. The summed E-state index contributed by atoms with van der Waals surface area (Å²) in [5.41, 5.74) is 2.25. The second kappa shape index (κ2) is 5.83. The van der Waals surface area contributed by atoms with Gasteiger partial charge in [0.15, 0.2) is 5.75 Å². The molecule has 0 atom stereocenters. The first-order chi connectivity index (χ1) is 11.7. The van der Waals surface area contributed by atoms with Gasteiger partial charge in [0.25, 0.3) is 0 Å². The summed E-state index contributed by atoms with van der Waals surface area (Å²) in [5.74, 6) is 0.892. The summed E-state index contributed by atoms with van der Waals surface area (Å²) in [6, 6.07) is 6.44. The van der Waals surface area contributed by atoms with Gasteiger partial charge in [0.05, 0.1) is 5.02 Å². The second-order valence-electron chi connectivity index (χ2n) is 8.72. The van der Waals surface area contributed by atoms with Gasteiger partial charge in [-0.1, -0.05) is 11.6 Å². The van der Waals surface area contributed by atoms with Gasteiger partial charge < -0.3 is 10.1 Å². The molecule has 2 aliphatic rings. The van der Waals surface area contributed by atoms with Crippen molar-refractivity contribution in [1.29, 1.82) is 0 Å². The number of piperidine rings is 1. The Morgan fingerprint density at radius 1 is 1.24 bits per heavy atom. The highest BCUT2D eigenvalue weighted by Crippen LogP contribution is 2.39. The summed E-state index contributed by atoms with van der Waals surface area (Å²) in [6.45, 7) is 10.6. The van der Waals surface area contributed by atoms with E-state index in [-0.39, 0.29) is 11.1 Å². The Bertz CT molecular complexity index is 802. The molecule has 2 aliphatic heterocycles. The Balaban J connectivity index is 1.65. The first-order valence-electron chi connectivity index (χ1n) is 8.96. The van der Waals surface area contributed by atoms with Crippen molar-refractivity contribution in [3.63, 3.8) is 0 Å². The zero-order chi connectivity index (χ0) is 17.8. The maximum absolute atomic E-state index is 6.49. The number of nitrogens with zero attached hydrogens (tertiary/aromatic N) is 2. The number of aromatic nitrogens is 1. The number of rotatable bonds is 1. The van der Waals surface area contributed by atoms with Gasteiger partial charge in [0.1, 0.15) is 12.2 Å². The highest BCUT2D eigenvalue weighted by atomic mass is 35.5. The highest BCUT2D eigenvalue weighted by molar-refractivity contribution is 6.35. The number of hydrogen-bond donors (Lipinski definition) is 1. The lowest BCUT2D eigenvalue weighted by molar-refractivity contribution is 0.00360. The van der Waals surface area contributed by atoms with Crippen LogP contribution in [-0.4, -0.2) is 33.7 Å². The summed E-state index contributed by atoms with van der Waals surface area (Å²) in [6.07, 6.45) is 4.01. The third-order valence-corrected chi connectivity index (χ3v) is 5.62. The predicted octanol–water partition coefficient (Wildman–Crippen LogP) is 4.35. The van der Waals surface area contributed by atoms with E-state index in [4.69, 9.17) is 16.3 Å². The molecule has 0 spiro atoms. The highest BCUT2D eigenvalue weighted by Gasteiger charge is 2.41. The molecule has 134 valence electrons. The van der Waals surface area contributed by atoms with Crippen molar-refractivity contribution < 1.29 is 4.74 Å². The van der Waals surface area contributed by atoms with Crippen molar-refractivity contribution in [2.24, 2.45) is 0 Å². The zero-order valence-electron chi connectivity index (χ0n) is 15.4. The molecule has 0 radical (unpaired) electrons. The normalized spacial score (nSPS) is 23.2. The van der Waals surface area contributed by atoms with E-state index >= 15 is 0 Å². The number of ether oxygens (including phenoxy) is 1. The van der Waals surface area contributed by atoms with Crippen LogP contribution in [0.4, 0.5) is 0 Å². The number of pyridine rings is 1. The Kier molecular flexibility index (Phi) is 3.98. The van der Waals surface area contributed by atoms with E-state index in [1.54, 1.807) is 6.20 Å². The summed E-state index contributed by atoms with van der Waals surface area (Å²) in [5, 5.41) is 5.46. The van der Waals surface area contributed by atoms with Gasteiger partial charge in [0.2, 0.25) is 0 Å². The molecule has 4 rings (SSSR count). The number of halogens is 1. The quantitative estimate of drug-likeness (QED) is 0.821. The molecule has 0 bridgehead atoms. The Morgan fingerprint density at radius 3 is 2.68 bits per heavy atom. The van der Waals surface area contributed by atoms with Gasteiger partial charge in [-0.2, -0.15) is 0 Å². The lowest BCUT2D eigenvalue weighted by atomic mass is 9.79. The second-order valence-corrected chi connectivity index (χ2v) is 9.13. The molecule has 25 heavy (non-hydrogen) atoms. The summed E-state index contributed by atoms with van der Waals surface area (Å²) < 4.78 is 6.18. The zero-order valence-corrected chi connectivity index (χ0v) is 16.2. The number of hydrogen-bond acceptors (Lipinski definition) is 4. The number of nitrogens with one attached hydrogen (secondary N) is 1. The monoisotopic (exact) mass is 359 g/mol. The fourth-order valence-corrected chi connectivity index (χ4v) is 4.96. The lowest BCUT2D eigenvalue weighted by Crippen LogP contribution is -2.62. The van der Waals surface area contributed by atoms with Crippen molar-refractivity contribution in [2.75, 3.05) is 6.73 Å². The largest absolute Gasteiger partial charge is 0.475 e. The van der Waals surface area contributed by atoms with E-state index < -0.39 is 0 Å². The topological polar surface area (TPSA) is 37.4 Å². The molecule has 0 unspecified atom stereocenters. The number of benzene rings is 1. The molecule has 3 heterocycles. The van der Waals surface area contributed by atoms with E-state index in [1.165, 1.54) is 0 Å². The fraction of sp³-hybridized carbons (Fsp3) is 0.550. The van der Waals surface area contributed by atoms with Crippen LogP contribution in [-0.2, 0) is 6.54 Å². The molecular formula is C20H26ClN3O. The SMILES string of the molecule is CC1(C)CC(N2COc3c(cc(Cl)c4cccnc34)C2)CC(C)(C)N1. The standard InChI is InChI=1S/C20H26ClN3O/c1-19(2)9-14(10-20(3,4)23-19)24-11-13-8-16(21)15-6-5-7-22-17(15)18(13)25-12-24/h5-8,14,23H,9-12H2,1-4H3. The lowest BCUT2D eigenvalue weighted by Gasteiger charge is -2.50. The van der Waals surface area contributed by atoms with Gasteiger partial charge >= 0.3 is 0 Å².